The quantitative estimate of drug-likeness (QED) is 0.812. The van der Waals surface area contributed by atoms with E-state index < -0.39 is 0 Å². The van der Waals surface area contributed by atoms with Gasteiger partial charge in [0.05, 0.1) is 7.11 Å². The molecule has 4 rings (SSSR count). The molecule has 142 valence electrons. The van der Waals surface area contributed by atoms with Crippen molar-refractivity contribution in [2.45, 2.75) is 43.4 Å². The number of nitrogens with one attached hydrogen (secondary N) is 1. The molecule has 2 aliphatic carbocycles. The molecule has 2 unspecified atom stereocenters. The molecule has 2 atom stereocenters. The van der Waals surface area contributed by atoms with Gasteiger partial charge in [-0.2, -0.15) is 0 Å². The third kappa shape index (κ3) is 3.58. The lowest BCUT2D eigenvalue weighted by Crippen LogP contribution is -2.40. The van der Waals surface area contributed by atoms with Gasteiger partial charge in [-0.15, -0.1) is 0 Å². The molecule has 1 N–H and O–H groups in total. The highest BCUT2D eigenvalue weighted by Crippen LogP contribution is 2.48. The number of ether oxygens (including phenoxy) is 1. The highest BCUT2D eigenvalue weighted by atomic mass is 19.1. The van der Waals surface area contributed by atoms with Gasteiger partial charge in [-0.25, -0.2) is 4.39 Å². The maximum Gasteiger partial charge on any atom is 0.223 e. The van der Waals surface area contributed by atoms with Gasteiger partial charge in [0.15, 0.2) is 0 Å². The van der Waals surface area contributed by atoms with Crippen LogP contribution in [0.15, 0.2) is 48.5 Å². The summed E-state index contributed by atoms with van der Waals surface area (Å²) in [7, 11) is 1.71. The van der Waals surface area contributed by atoms with Gasteiger partial charge in [0.25, 0.3) is 0 Å². The predicted octanol–water partition coefficient (Wildman–Crippen LogP) is 4.57. The Morgan fingerprint density at radius 1 is 1.15 bits per heavy atom. The van der Waals surface area contributed by atoms with E-state index in [4.69, 9.17) is 4.74 Å². The largest absolute Gasteiger partial charge is 0.496 e. The van der Waals surface area contributed by atoms with Gasteiger partial charge >= 0.3 is 0 Å². The SMILES string of the molecule is COc1ccccc1C1(CNC(=O)C2CC2c2ccc(F)cc2)CCCC1. The molecule has 0 bridgehead atoms. The Morgan fingerprint density at radius 3 is 2.56 bits per heavy atom. The first-order valence-corrected chi connectivity index (χ1v) is 9.80. The first kappa shape index (κ1) is 18.0. The molecule has 27 heavy (non-hydrogen) atoms. The van der Waals surface area contributed by atoms with Crippen molar-refractivity contribution in [3.05, 3.63) is 65.5 Å². The van der Waals surface area contributed by atoms with Crippen LogP contribution in [0.1, 0.15) is 49.1 Å². The number of hydrogen-bond acceptors (Lipinski definition) is 2. The Morgan fingerprint density at radius 2 is 1.85 bits per heavy atom. The number of hydrogen-bond donors (Lipinski definition) is 1. The van der Waals surface area contributed by atoms with E-state index in [0.717, 1.165) is 30.6 Å². The van der Waals surface area contributed by atoms with Crippen molar-refractivity contribution >= 4 is 5.91 Å². The van der Waals surface area contributed by atoms with Crippen molar-refractivity contribution in [3.8, 4) is 5.75 Å². The van der Waals surface area contributed by atoms with E-state index in [9.17, 15) is 9.18 Å². The Kier molecular flexibility index (Phi) is 4.90. The van der Waals surface area contributed by atoms with Gasteiger partial charge in [0.2, 0.25) is 5.91 Å². The second-order valence-corrected chi connectivity index (χ2v) is 7.91. The van der Waals surface area contributed by atoms with Crippen LogP contribution < -0.4 is 10.1 Å². The summed E-state index contributed by atoms with van der Waals surface area (Å²) in [6.45, 7) is 0.652. The first-order chi connectivity index (χ1) is 13.1. The lowest BCUT2D eigenvalue weighted by molar-refractivity contribution is -0.122. The number of methoxy groups -OCH3 is 1. The summed E-state index contributed by atoms with van der Waals surface area (Å²) < 4.78 is 18.7. The molecule has 2 aromatic rings. The maximum atomic E-state index is 13.1. The zero-order valence-corrected chi connectivity index (χ0v) is 15.7. The molecule has 2 fully saturated rings. The Labute approximate surface area is 159 Å². The summed E-state index contributed by atoms with van der Waals surface area (Å²) in [5, 5.41) is 3.22. The van der Waals surface area contributed by atoms with E-state index in [-0.39, 0.29) is 29.0 Å². The monoisotopic (exact) mass is 367 g/mol. The van der Waals surface area contributed by atoms with Gasteiger partial charge in [0.1, 0.15) is 11.6 Å². The van der Waals surface area contributed by atoms with Crippen LogP contribution in [0.2, 0.25) is 0 Å². The van der Waals surface area contributed by atoms with Crippen LogP contribution in [0, 0.1) is 11.7 Å². The fourth-order valence-corrected chi connectivity index (χ4v) is 4.63. The Bertz CT molecular complexity index is 811. The van der Waals surface area contributed by atoms with Crippen molar-refractivity contribution in [1.82, 2.24) is 5.32 Å². The third-order valence-corrected chi connectivity index (χ3v) is 6.27. The molecule has 2 saturated carbocycles. The Balaban J connectivity index is 1.43. The van der Waals surface area contributed by atoms with Crippen molar-refractivity contribution in [3.63, 3.8) is 0 Å². The molecule has 1 amide bonds. The number of rotatable bonds is 6. The van der Waals surface area contributed by atoms with Crippen LogP contribution in [0.4, 0.5) is 4.39 Å². The normalized spacial score (nSPS) is 23.0. The van der Waals surface area contributed by atoms with Gasteiger partial charge in [-0.3, -0.25) is 4.79 Å². The van der Waals surface area contributed by atoms with E-state index in [1.807, 2.05) is 18.2 Å². The first-order valence-electron chi connectivity index (χ1n) is 9.80. The molecule has 4 heteroatoms. The lowest BCUT2D eigenvalue weighted by atomic mass is 9.78. The van der Waals surface area contributed by atoms with Crippen molar-refractivity contribution in [1.29, 1.82) is 0 Å². The Hall–Kier alpha value is -2.36. The zero-order chi connectivity index (χ0) is 18.9. The molecule has 0 radical (unpaired) electrons. The maximum absolute atomic E-state index is 13.1. The number of carbonyl (C=O) groups is 1. The van der Waals surface area contributed by atoms with Gasteiger partial charge in [-0.05, 0) is 48.9 Å². The highest BCUT2D eigenvalue weighted by molar-refractivity contribution is 5.83. The summed E-state index contributed by atoms with van der Waals surface area (Å²) in [5.74, 6) is 1.01. The van der Waals surface area contributed by atoms with Gasteiger partial charge in [-0.1, -0.05) is 43.2 Å². The summed E-state index contributed by atoms with van der Waals surface area (Å²) in [4.78, 5) is 12.7. The average Bonchev–Trinajstić information content (AvgIpc) is 3.36. The molecule has 0 aromatic heterocycles. The van der Waals surface area contributed by atoms with Crippen molar-refractivity contribution in [2.75, 3.05) is 13.7 Å². The van der Waals surface area contributed by atoms with E-state index in [1.54, 1.807) is 19.2 Å². The minimum atomic E-state index is -0.236. The number of benzene rings is 2. The fraction of sp³-hybridized carbons (Fsp3) is 0.435. The molecule has 0 heterocycles. The molecule has 3 nitrogen and oxygen atoms in total. The zero-order valence-electron chi connectivity index (χ0n) is 15.7. The summed E-state index contributed by atoms with van der Waals surface area (Å²) >= 11 is 0. The second kappa shape index (κ2) is 7.34. The van der Waals surface area contributed by atoms with E-state index in [1.165, 1.54) is 30.5 Å². The molecule has 0 saturated heterocycles. The van der Waals surface area contributed by atoms with Crippen LogP contribution in [-0.2, 0) is 10.2 Å². The number of amides is 1. The fourth-order valence-electron chi connectivity index (χ4n) is 4.63. The predicted molar refractivity (Wildman–Crippen MR) is 103 cm³/mol. The van der Waals surface area contributed by atoms with E-state index in [0.29, 0.717) is 6.54 Å². The molecular formula is C23H26FNO2. The van der Waals surface area contributed by atoms with Crippen LogP contribution in [0.3, 0.4) is 0 Å². The molecule has 2 aromatic carbocycles. The summed E-state index contributed by atoms with van der Waals surface area (Å²) in [5.41, 5.74) is 2.22. The number of para-hydroxylation sites is 1. The van der Waals surface area contributed by atoms with E-state index in [2.05, 4.69) is 11.4 Å². The third-order valence-electron chi connectivity index (χ3n) is 6.27. The van der Waals surface area contributed by atoms with Gasteiger partial charge < -0.3 is 10.1 Å². The van der Waals surface area contributed by atoms with E-state index >= 15 is 0 Å². The van der Waals surface area contributed by atoms with Crippen molar-refractivity contribution in [2.24, 2.45) is 5.92 Å². The topological polar surface area (TPSA) is 38.3 Å². The van der Waals surface area contributed by atoms with Crippen LogP contribution in [0.5, 0.6) is 5.75 Å². The minimum Gasteiger partial charge on any atom is -0.496 e. The highest BCUT2D eigenvalue weighted by Gasteiger charge is 2.45. The molecular weight excluding hydrogens is 341 g/mol. The second-order valence-electron chi connectivity index (χ2n) is 7.91. The smallest absolute Gasteiger partial charge is 0.223 e. The summed E-state index contributed by atoms with van der Waals surface area (Å²) in [6, 6.07) is 14.7. The minimum absolute atomic E-state index is 0.00610. The van der Waals surface area contributed by atoms with Crippen LogP contribution in [-0.4, -0.2) is 19.6 Å². The number of halogens is 1. The summed E-state index contributed by atoms with van der Waals surface area (Å²) in [6.07, 6.45) is 5.34. The molecule has 2 aliphatic rings. The molecule has 0 aliphatic heterocycles. The standard InChI is InChI=1S/C23H26FNO2/c1-27-21-7-3-2-6-20(21)23(12-4-5-13-23)15-25-22(26)19-14-18(19)16-8-10-17(24)11-9-16/h2-3,6-11,18-19H,4-5,12-15H2,1H3,(H,25,26). The average molecular weight is 367 g/mol. The lowest BCUT2D eigenvalue weighted by Gasteiger charge is -2.31. The number of carbonyl (C=O) groups excluding carboxylic acids is 1. The molecule has 0 spiro atoms. The van der Waals surface area contributed by atoms with Crippen molar-refractivity contribution < 1.29 is 13.9 Å². The van der Waals surface area contributed by atoms with Crippen LogP contribution in [0.25, 0.3) is 0 Å². The van der Waals surface area contributed by atoms with Crippen LogP contribution >= 0.6 is 0 Å². The van der Waals surface area contributed by atoms with Gasteiger partial charge in [0, 0.05) is 23.4 Å².